The number of hydrogen-bond donors (Lipinski definition) is 4. The molecule has 1 aliphatic carbocycles. The van der Waals surface area contributed by atoms with E-state index < -0.39 is 11.7 Å². The summed E-state index contributed by atoms with van der Waals surface area (Å²) < 4.78 is 1.97. The highest BCUT2D eigenvalue weighted by Gasteiger charge is 2.52. The van der Waals surface area contributed by atoms with E-state index in [9.17, 15) is 10.2 Å². The van der Waals surface area contributed by atoms with Gasteiger partial charge in [-0.25, -0.2) is 9.97 Å². The molecule has 154 valence electrons. The topological polar surface area (TPSA) is 95.2 Å². The molecule has 0 unspecified atom stereocenters. The second kappa shape index (κ2) is 8.10. The Morgan fingerprint density at radius 1 is 1.21 bits per heavy atom. The Balaban J connectivity index is 1.47. The summed E-state index contributed by atoms with van der Waals surface area (Å²) in [6.07, 6.45) is 4.13. The minimum Gasteiger partial charge on any atom is -0.388 e. The molecular weight excluding hydrogens is 366 g/mol. The number of benzene rings is 1. The molecule has 4 N–H and O–H groups in total. The first-order valence-electron chi connectivity index (χ1n) is 10.2. The molecule has 29 heavy (non-hydrogen) atoms. The zero-order valence-corrected chi connectivity index (χ0v) is 16.9. The molecule has 0 saturated heterocycles. The van der Waals surface area contributed by atoms with Gasteiger partial charge in [-0.1, -0.05) is 37.3 Å². The van der Waals surface area contributed by atoms with E-state index in [0.29, 0.717) is 13.0 Å². The lowest BCUT2D eigenvalue weighted by atomic mass is 9.90. The van der Waals surface area contributed by atoms with Gasteiger partial charge in [0.2, 0.25) is 0 Å². The molecule has 1 saturated carbocycles. The first-order chi connectivity index (χ1) is 14.0. The quantitative estimate of drug-likeness (QED) is 0.457. The van der Waals surface area contributed by atoms with Gasteiger partial charge in [-0.3, -0.25) is 0 Å². The van der Waals surface area contributed by atoms with Crippen molar-refractivity contribution in [3.63, 3.8) is 0 Å². The van der Waals surface area contributed by atoms with Crippen LogP contribution < -0.4 is 10.6 Å². The number of aromatic nitrogens is 3. The first kappa shape index (κ1) is 19.8. The van der Waals surface area contributed by atoms with E-state index >= 15 is 0 Å². The van der Waals surface area contributed by atoms with Crippen LogP contribution in [0.1, 0.15) is 24.9 Å². The molecule has 7 nitrogen and oxygen atoms in total. The third kappa shape index (κ3) is 3.61. The maximum Gasteiger partial charge on any atom is 0.145 e. The standard InChI is InChI=1S/C22H29N5O2/c1-15-12-18(27-11-9-17-20(23-2)25-14-26-21(17)27)19(28)22(15,29)13-24-10-8-16-6-4-3-5-7-16/h3-7,9,11,14-15,18-19,24,28-29H,8,10,12-13H2,1-2H3,(H,23,25,26)/t15-,18+,19-,22-/m0/s1. The highest BCUT2D eigenvalue weighted by molar-refractivity contribution is 5.87. The number of fused-ring (bicyclic) bond motifs is 1. The minimum absolute atomic E-state index is 0.0465. The van der Waals surface area contributed by atoms with Crippen LogP contribution in [0.5, 0.6) is 0 Å². The summed E-state index contributed by atoms with van der Waals surface area (Å²) in [6, 6.07) is 12.0. The lowest BCUT2D eigenvalue weighted by Gasteiger charge is -2.32. The number of aliphatic hydroxyl groups excluding tert-OH is 1. The Labute approximate surface area is 170 Å². The van der Waals surface area contributed by atoms with E-state index in [2.05, 4.69) is 32.7 Å². The molecule has 7 heteroatoms. The molecule has 2 aromatic heterocycles. The van der Waals surface area contributed by atoms with Crippen molar-refractivity contribution in [2.24, 2.45) is 5.92 Å². The van der Waals surface area contributed by atoms with Crippen molar-refractivity contribution >= 4 is 16.9 Å². The molecule has 4 rings (SSSR count). The molecule has 1 fully saturated rings. The first-order valence-corrected chi connectivity index (χ1v) is 10.2. The van der Waals surface area contributed by atoms with Crippen LogP contribution in [0, 0.1) is 5.92 Å². The van der Waals surface area contributed by atoms with Gasteiger partial charge in [-0.15, -0.1) is 0 Å². The van der Waals surface area contributed by atoms with Crippen molar-refractivity contribution in [3.8, 4) is 0 Å². The molecule has 0 spiro atoms. The fourth-order valence-corrected chi connectivity index (χ4v) is 4.47. The highest BCUT2D eigenvalue weighted by Crippen LogP contribution is 2.43. The van der Waals surface area contributed by atoms with Crippen LogP contribution in [0.25, 0.3) is 11.0 Å². The predicted molar refractivity (Wildman–Crippen MR) is 114 cm³/mol. The summed E-state index contributed by atoms with van der Waals surface area (Å²) in [4.78, 5) is 8.66. The third-order valence-corrected chi connectivity index (χ3v) is 6.27. The van der Waals surface area contributed by atoms with Crippen LogP contribution in [0.3, 0.4) is 0 Å². The molecule has 1 aromatic carbocycles. The summed E-state index contributed by atoms with van der Waals surface area (Å²) >= 11 is 0. The Morgan fingerprint density at radius 2 is 2.00 bits per heavy atom. The van der Waals surface area contributed by atoms with Crippen molar-refractivity contribution < 1.29 is 10.2 Å². The normalized spacial score (nSPS) is 26.8. The van der Waals surface area contributed by atoms with Crippen LogP contribution in [-0.2, 0) is 6.42 Å². The van der Waals surface area contributed by atoms with Gasteiger partial charge in [0.05, 0.1) is 11.4 Å². The van der Waals surface area contributed by atoms with E-state index in [-0.39, 0.29) is 12.0 Å². The SMILES string of the molecule is CNc1ncnc2c1ccn2[C@@H]1C[C@H](C)[C@@](O)(CNCCc2ccccc2)[C@H]1O. The number of aliphatic hydroxyl groups is 2. The summed E-state index contributed by atoms with van der Waals surface area (Å²) in [5.74, 6) is 0.710. The van der Waals surface area contributed by atoms with Gasteiger partial charge in [-0.05, 0) is 36.9 Å². The average Bonchev–Trinajstić information content (AvgIpc) is 3.27. The average molecular weight is 396 g/mol. The van der Waals surface area contributed by atoms with E-state index in [1.54, 1.807) is 0 Å². The van der Waals surface area contributed by atoms with Gasteiger partial charge in [0.1, 0.15) is 29.5 Å². The van der Waals surface area contributed by atoms with E-state index in [0.717, 1.165) is 29.8 Å². The maximum atomic E-state index is 11.3. The molecule has 0 radical (unpaired) electrons. The van der Waals surface area contributed by atoms with Gasteiger partial charge >= 0.3 is 0 Å². The summed E-state index contributed by atoms with van der Waals surface area (Å²) in [7, 11) is 1.82. The molecule has 0 aliphatic heterocycles. The van der Waals surface area contributed by atoms with E-state index in [4.69, 9.17) is 0 Å². The molecule has 4 atom stereocenters. The minimum atomic E-state index is -1.18. The van der Waals surface area contributed by atoms with Crippen LogP contribution in [0.2, 0.25) is 0 Å². The molecule has 3 aromatic rings. The van der Waals surface area contributed by atoms with Crippen LogP contribution >= 0.6 is 0 Å². The number of nitrogens with one attached hydrogen (secondary N) is 2. The van der Waals surface area contributed by atoms with E-state index in [1.165, 1.54) is 11.9 Å². The highest BCUT2D eigenvalue weighted by atomic mass is 16.3. The Hall–Kier alpha value is -2.48. The Morgan fingerprint density at radius 3 is 2.76 bits per heavy atom. The second-order valence-electron chi connectivity index (χ2n) is 7.99. The molecule has 1 aliphatic rings. The lowest BCUT2D eigenvalue weighted by molar-refractivity contribution is -0.0831. The van der Waals surface area contributed by atoms with Crippen molar-refractivity contribution in [3.05, 3.63) is 54.5 Å². The summed E-state index contributed by atoms with van der Waals surface area (Å²) in [5.41, 5.74) is 0.835. The van der Waals surface area contributed by atoms with Crippen molar-refractivity contribution in [2.75, 3.05) is 25.5 Å². The number of rotatable bonds is 7. The molecule has 2 heterocycles. The molecule has 0 bridgehead atoms. The fraction of sp³-hybridized carbons (Fsp3) is 0.455. The number of anilines is 1. The van der Waals surface area contributed by atoms with Gasteiger partial charge < -0.3 is 25.4 Å². The maximum absolute atomic E-state index is 11.3. The Bertz CT molecular complexity index is 960. The number of nitrogens with zero attached hydrogens (tertiary/aromatic N) is 3. The van der Waals surface area contributed by atoms with Gasteiger partial charge in [0, 0.05) is 19.8 Å². The molecule has 0 amide bonds. The lowest BCUT2D eigenvalue weighted by Crippen LogP contribution is -2.52. The third-order valence-electron chi connectivity index (χ3n) is 6.27. The second-order valence-corrected chi connectivity index (χ2v) is 7.99. The largest absolute Gasteiger partial charge is 0.388 e. The zero-order valence-electron chi connectivity index (χ0n) is 16.9. The van der Waals surface area contributed by atoms with Crippen molar-refractivity contribution in [2.45, 2.75) is 37.5 Å². The van der Waals surface area contributed by atoms with Crippen LogP contribution in [0.4, 0.5) is 5.82 Å². The van der Waals surface area contributed by atoms with Gasteiger partial charge in [-0.2, -0.15) is 0 Å². The Kier molecular flexibility index (Phi) is 5.54. The van der Waals surface area contributed by atoms with Crippen LogP contribution in [-0.4, -0.2) is 56.6 Å². The van der Waals surface area contributed by atoms with Crippen molar-refractivity contribution in [1.29, 1.82) is 0 Å². The zero-order chi connectivity index (χ0) is 20.4. The summed E-state index contributed by atoms with van der Waals surface area (Å²) in [6.45, 7) is 3.11. The summed E-state index contributed by atoms with van der Waals surface area (Å²) in [5, 5.41) is 29.7. The van der Waals surface area contributed by atoms with Gasteiger partial charge in [0.25, 0.3) is 0 Å². The number of hydrogen-bond acceptors (Lipinski definition) is 6. The molecular formula is C22H29N5O2. The van der Waals surface area contributed by atoms with Gasteiger partial charge in [0.15, 0.2) is 0 Å². The van der Waals surface area contributed by atoms with Crippen LogP contribution in [0.15, 0.2) is 48.9 Å². The monoisotopic (exact) mass is 395 g/mol. The fourth-order valence-electron chi connectivity index (χ4n) is 4.47. The van der Waals surface area contributed by atoms with Crippen molar-refractivity contribution in [1.82, 2.24) is 19.9 Å². The predicted octanol–water partition coefficient (Wildman–Crippen LogP) is 1.98. The van der Waals surface area contributed by atoms with E-state index in [1.807, 2.05) is 49.0 Å². The smallest absolute Gasteiger partial charge is 0.145 e.